The molecule has 0 radical (unpaired) electrons. The second-order valence-electron chi connectivity index (χ2n) is 5.41. The van der Waals surface area contributed by atoms with Gasteiger partial charge in [-0.1, -0.05) is 11.8 Å². The van der Waals surface area contributed by atoms with E-state index >= 15 is 0 Å². The molecule has 0 saturated carbocycles. The number of benzene rings is 2. The summed E-state index contributed by atoms with van der Waals surface area (Å²) in [7, 11) is 0. The molecule has 2 aromatic carbocycles. The smallest absolute Gasteiger partial charge is 0.119 e. The average Bonchev–Trinajstić information content (AvgIpc) is 2.70. The van der Waals surface area contributed by atoms with Crippen molar-refractivity contribution >= 4 is 11.8 Å². The lowest BCUT2D eigenvalue weighted by Crippen LogP contribution is -2.09. The van der Waals surface area contributed by atoms with Crippen molar-refractivity contribution in [1.82, 2.24) is 0 Å². The molecular formula is C20H26O6S. The third-order valence-corrected chi connectivity index (χ3v) is 4.36. The second kappa shape index (κ2) is 13.4. The van der Waals surface area contributed by atoms with Gasteiger partial charge in [-0.05, 0) is 48.5 Å². The summed E-state index contributed by atoms with van der Waals surface area (Å²) in [5.74, 6) is 1.58. The van der Waals surface area contributed by atoms with Gasteiger partial charge in [-0.15, -0.1) is 0 Å². The highest BCUT2D eigenvalue weighted by molar-refractivity contribution is 7.99. The van der Waals surface area contributed by atoms with E-state index < -0.39 is 0 Å². The lowest BCUT2D eigenvalue weighted by Gasteiger charge is -2.09. The van der Waals surface area contributed by atoms with Gasteiger partial charge in [0.05, 0.1) is 39.6 Å². The molecule has 0 atom stereocenters. The molecule has 0 spiro atoms. The molecule has 0 bridgehead atoms. The molecule has 148 valence electrons. The Morgan fingerprint density at radius 2 is 0.963 bits per heavy atom. The van der Waals surface area contributed by atoms with Crippen molar-refractivity contribution < 1.29 is 29.2 Å². The molecule has 2 N–H and O–H groups in total. The van der Waals surface area contributed by atoms with Gasteiger partial charge in [0.2, 0.25) is 0 Å². The van der Waals surface area contributed by atoms with E-state index in [9.17, 15) is 0 Å². The van der Waals surface area contributed by atoms with Crippen molar-refractivity contribution in [2.24, 2.45) is 0 Å². The predicted molar refractivity (Wildman–Crippen MR) is 104 cm³/mol. The number of ether oxygens (including phenoxy) is 4. The van der Waals surface area contributed by atoms with Crippen LogP contribution in [0.2, 0.25) is 0 Å². The van der Waals surface area contributed by atoms with Gasteiger partial charge in [-0.25, -0.2) is 0 Å². The van der Waals surface area contributed by atoms with Gasteiger partial charge >= 0.3 is 0 Å². The Balaban J connectivity index is 1.71. The van der Waals surface area contributed by atoms with Crippen LogP contribution in [0.15, 0.2) is 58.3 Å². The normalized spacial score (nSPS) is 10.7. The molecule has 0 aliphatic carbocycles. The van der Waals surface area contributed by atoms with Crippen LogP contribution in [0.5, 0.6) is 11.5 Å². The minimum absolute atomic E-state index is 0.0259. The van der Waals surface area contributed by atoms with Crippen molar-refractivity contribution in [2.45, 2.75) is 9.79 Å². The number of hydrogen-bond acceptors (Lipinski definition) is 7. The zero-order chi connectivity index (χ0) is 19.2. The van der Waals surface area contributed by atoms with Crippen molar-refractivity contribution in [1.29, 1.82) is 0 Å². The zero-order valence-electron chi connectivity index (χ0n) is 15.2. The molecule has 0 heterocycles. The SMILES string of the molecule is OCCOCCOc1ccc(Sc2ccc(OCCOCCO)cc2)cc1. The van der Waals surface area contributed by atoms with Crippen LogP contribution in [-0.4, -0.2) is 63.1 Å². The minimum atomic E-state index is 0.0259. The molecule has 0 amide bonds. The molecule has 0 unspecified atom stereocenters. The molecule has 7 heteroatoms. The summed E-state index contributed by atoms with van der Waals surface area (Å²) in [4.78, 5) is 2.23. The highest BCUT2D eigenvalue weighted by atomic mass is 32.2. The van der Waals surface area contributed by atoms with Crippen LogP contribution in [0.25, 0.3) is 0 Å². The van der Waals surface area contributed by atoms with Crippen molar-refractivity contribution in [2.75, 3.05) is 52.9 Å². The van der Waals surface area contributed by atoms with Gasteiger partial charge in [0, 0.05) is 9.79 Å². The Labute approximate surface area is 164 Å². The van der Waals surface area contributed by atoms with Crippen LogP contribution in [0.4, 0.5) is 0 Å². The molecule has 2 aromatic rings. The summed E-state index contributed by atoms with van der Waals surface area (Å²) in [6.45, 7) is 2.55. The van der Waals surface area contributed by atoms with E-state index in [1.54, 1.807) is 11.8 Å². The summed E-state index contributed by atoms with van der Waals surface area (Å²) in [6, 6.07) is 15.8. The summed E-state index contributed by atoms with van der Waals surface area (Å²) in [5, 5.41) is 17.3. The zero-order valence-corrected chi connectivity index (χ0v) is 16.0. The summed E-state index contributed by atoms with van der Waals surface area (Å²) >= 11 is 1.66. The Morgan fingerprint density at radius 1 is 0.556 bits per heavy atom. The van der Waals surface area contributed by atoms with Gasteiger partial charge in [0.1, 0.15) is 24.7 Å². The highest BCUT2D eigenvalue weighted by Crippen LogP contribution is 2.30. The van der Waals surface area contributed by atoms with Gasteiger partial charge in [-0.3, -0.25) is 0 Å². The van der Waals surface area contributed by atoms with Crippen LogP contribution >= 0.6 is 11.8 Å². The molecule has 0 fully saturated rings. The maximum Gasteiger partial charge on any atom is 0.119 e. The molecule has 0 aliphatic heterocycles. The van der Waals surface area contributed by atoms with E-state index in [4.69, 9.17) is 29.2 Å². The molecular weight excluding hydrogens is 368 g/mol. The number of hydrogen-bond donors (Lipinski definition) is 2. The number of rotatable bonds is 14. The molecule has 2 rings (SSSR count). The molecule has 6 nitrogen and oxygen atoms in total. The first-order chi connectivity index (χ1) is 13.3. The summed E-state index contributed by atoms with van der Waals surface area (Å²) in [5.41, 5.74) is 0. The average molecular weight is 394 g/mol. The fourth-order valence-corrected chi connectivity index (χ4v) is 2.93. The molecule has 0 saturated heterocycles. The fraction of sp³-hybridized carbons (Fsp3) is 0.400. The van der Waals surface area contributed by atoms with E-state index in [0.29, 0.717) is 39.6 Å². The summed E-state index contributed by atoms with van der Waals surface area (Å²) < 4.78 is 21.5. The van der Waals surface area contributed by atoms with Crippen LogP contribution in [-0.2, 0) is 9.47 Å². The van der Waals surface area contributed by atoms with Gasteiger partial charge < -0.3 is 29.2 Å². The van der Waals surface area contributed by atoms with Crippen LogP contribution < -0.4 is 9.47 Å². The first-order valence-electron chi connectivity index (χ1n) is 8.82. The van der Waals surface area contributed by atoms with Gasteiger partial charge in [0.25, 0.3) is 0 Å². The second-order valence-corrected chi connectivity index (χ2v) is 6.56. The van der Waals surface area contributed by atoms with Crippen molar-refractivity contribution in [3.63, 3.8) is 0 Å². The largest absolute Gasteiger partial charge is 0.491 e. The number of aliphatic hydroxyl groups excluding tert-OH is 2. The van der Waals surface area contributed by atoms with E-state index in [2.05, 4.69) is 0 Å². The van der Waals surface area contributed by atoms with E-state index in [-0.39, 0.29) is 13.2 Å². The van der Waals surface area contributed by atoms with Crippen molar-refractivity contribution in [3.05, 3.63) is 48.5 Å². The third-order valence-electron chi connectivity index (χ3n) is 3.35. The van der Waals surface area contributed by atoms with Gasteiger partial charge in [0.15, 0.2) is 0 Å². The first-order valence-corrected chi connectivity index (χ1v) is 9.64. The first kappa shape index (κ1) is 21.5. The summed E-state index contributed by atoms with van der Waals surface area (Å²) in [6.07, 6.45) is 0. The third kappa shape index (κ3) is 9.12. The molecule has 0 aliphatic rings. The highest BCUT2D eigenvalue weighted by Gasteiger charge is 2.01. The predicted octanol–water partition coefficient (Wildman–Crippen LogP) is 2.61. The van der Waals surface area contributed by atoms with Crippen LogP contribution in [0, 0.1) is 0 Å². The Morgan fingerprint density at radius 3 is 1.33 bits per heavy atom. The maximum absolute atomic E-state index is 8.63. The van der Waals surface area contributed by atoms with Gasteiger partial charge in [-0.2, -0.15) is 0 Å². The Hall–Kier alpha value is -1.77. The molecule has 0 aromatic heterocycles. The van der Waals surface area contributed by atoms with Crippen molar-refractivity contribution in [3.8, 4) is 11.5 Å². The van der Waals surface area contributed by atoms with E-state index in [0.717, 1.165) is 21.3 Å². The fourth-order valence-electron chi connectivity index (χ4n) is 2.11. The van der Waals surface area contributed by atoms with Crippen LogP contribution in [0.1, 0.15) is 0 Å². The number of aliphatic hydroxyl groups is 2. The Kier molecular flexibility index (Phi) is 10.7. The standard InChI is InChI=1S/C20H26O6S/c21-9-11-23-13-15-25-17-1-5-19(6-2-17)27-20-7-3-18(4-8-20)26-16-14-24-12-10-22/h1-8,21-22H,9-16H2. The monoisotopic (exact) mass is 394 g/mol. The Bertz CT molecular complexity index is 562. The minimum Gasteiger partial charge on any atom is -0.491 e. The molecule has 27 heavy (non-hydrogen) atoms. The lowest BCUT2D eigenvalue weighted by atomic mass is 10.3. The van der Waals surface area contributed by atoms with E-state index in [1.807, 2.05) is 48.5 Å². The topological polar surface area (TPSA) is 77.4 Å². The lowest BCUT2D eigenvalue weighted by molar-refractivity contribution is 0.0705. The quantitative estimate of drug-likeness (QED) is 0.477. The van der Waals surface area contributed by atoms with E-state index in [1.165, 1.54) is 0 Å². The maximum atomic E-state index is 8.63. The van der Waals surface area contributed by atoms with Crippen LogP contribution in [0.3, 0.4) is 0 Å².